The minimum Gasteiger partial charge on any atom is -0.496 e. The number of nitrogens with zero attached hydrogens (tertiary/aromatic N) is 2. The summed E-state index contributed by atoms with van der Waals surface area (Å²) in [7, 11) is 1.66. The summed E-state index contributed by atoms with van der Waals surface area (Å²) in [6.07, 6.45) is 3.91. The number of hydrogen-bond donors (Lipinski definition) is 1. The van der Waals surface area contributed by atoms with Crippen molar-refractivity contribution in [2.45, 2.75) is 26.5 Å². The molecule has 0 fully saturated rings. The maximum Gasteiger partial charge on any atom is 0.127 e. The molecule has 2 rings (SSSR count). The number of aromatic nitrogens is 2. The summed E-state index contributed by atoms with van der Waals surface area (Å²) in [4.78, 5) is 0. The second kappa shape index (κ2) is 7.90. The fourth-order valence-corrected chi connectivity index (χ4v) is 2.02. The first-order chi connectivity index (χ1) is 9.63. The maximum absolute atomic E-state index is 5.73. The van der Waals surface area contributed by atoms with E-state index in [9.17, 15) is 0 Å². The predicted octanol–water partition coefficient (Wildman–Crippen LogP) is 2.73. The zero-order valence-corrected chi connectivity index (χ0v) is 13.4. The van der Waals surface area contributed by atoms with Crippen molar-refractivity contribution >= 4 is 12.4 Å². The highest BCUT2D eigenvalue weighted by Gasteiger charge is 2.10. The molecule has 6 heteroatoms. The van der Waals surface area contributed by atoms with Crippen molar-refractivity contribution in [1.82, 2.24) is 9.78 Å². The average molecular weight is 312 g/mol. The highest BCUT2D eigenvalue weighted by atomic mass is 35.5. The van der Waals surface area contributed by atoms with Gasteiger partial charge >= 0.3 is 0 Å². The van der Waals surface area contributed by atoms with E-state index in [1.807, 2.05) is 49.1 Å². The van der Waals surface area contributed by atoms with Gasteiger partial charge in [0.2, 0.25) is 0 Å². The number of rotatable bonds is 6. The smallest absolute Gasteiger partial charge is 0.127 e. The molecule has 2 aromatic rings. The van der Waals surface area contributed by atoms with E-state index in [2.05, 4.69) is 5.10 Å². The zero-order valence-electron chi connectivity index (χ0n) is 12.6. The summed E-state index contributed by atoms with van der Waals surface area (Å²) in [5.41, 5.74) is 7.49. The van der Waals surface area contributed by atoms with Crippen LogP contribution in [0.15, 0.2) is 30.6 Å². The first kappa shape index (κ1) is 17.3. The van der Waals surface area contributed by atoms with E-state index in [0.717, 1.165) is 22.6 Å². The number of ether oxygens (including phenoxy) is 2. The Morgan fingerprint density at radius 1 is 1.33 bits per heavy atom. The molecule has 0 aliphatic carbocycles. The van der Waals surface area contributed by atoms with Crippen LogP contribution in [0, 0.1) is 0 Å². The summed E-state index contributed by atoms with van der Waals surface area (Å²) in [5.74, 6) is 1.62. The minimum absolute atomic E-state index is 0. The zero-order chi connectivity index (χ0) is 14.5. The van der Waals surface area contributed by atoms with E-state index in [1.54, 1.807) is 7.11 Å². The maximum atomic E-state index is 5.73. The standard InChI is InChI=1S/C15H21N3O2.ClH/c1-11(2)20-13-4-5-15(19-3)14(8-13)12-9-17-18(10-12)7-6-16;/h4-5,8-11H,6-7,16H2,1-3H3;1H. The van der Waals surface area contributed by atoms with Crippen LogP contribution in [-0.4, -0.2) is 29.5 Å². The van der Waals surface area contributed by atoms with E-state index < -0.39 is 0 Å². The molecule has 0 radical (unpaired) electrons. The Morgan fingerprint density at radius 3 is 2.71 bits per heavy atom. The Hall–Kier alpha value is -1.72. The molecule has 1 aromatic heterocycles. The van der Waals surface area contributed by atoms with Crippen LogP contribution in [0.4, 0.5) is 0 Å². The van der Waals surface area contributed by atoms with Gasteiger partial charge in [0, 0.05) is 23.9 Å². The Morgan fingerprint density at radius 2 is 2.10 bits per heavy atom. The van der Waals surface area contributed by atoms with Gasteiger partial charge in [0.1, 0.15) is 11.5 Å². The van der Waals surface area contributed by atoms with Crippen molar-refractivity contribution in [3.63, 3.8) is 0 Å². The monoisotopic (exact) mass is 311 g/mol. The van der Waals surface area contributed by atoms with Crippen LogP contribution in [-0.2, 0) is 6.54 Å². The average Bonchev–Trinajstić information content (AvgIpc) is 2.87. The Kier molecular flexibility index (Phi) is 6.52. The van der Waals surface area contributed by atoms with Crippen molar-refractivity contribution < 1.29 is 9.47 Å². The van der Waals surface area contributed by atoms with Gasteiger partial charge in [-0.2, -0.15) is 5.10 Å². The fraction of sp³-hybridized carbons (Fsp3) is 0.400. The van der Waals surface area contributed by atoms with Crippen molar-refractivity contribution in [1.29, 1.82) is 0 Å². The van der Waals surface area contributed by atoms with Gasteiger partial charge in [0.15, 0.2) is 0 Å². The molecule has 5 nitrogen and oxygen atoms in total. The van der Waals surface area contributed by atoms with Crippen molar-refractivity contribution in [2.24, 2.45) is 5.73 Å². The van der Waals surface area contributed by atoms with Gasteiger partial charge in [-0.1, -0.05) is 0 Å². The summed E-state index contributed by atoms with van der Waals surface area (Å²) >= 11 is 0. The third kappa shape index (κ3) is 4.37. The van der Waals surface area contributed by atoms with Gasteiger partial charge in [-0.05, 0) is 32.0 Å². The second-order valence-electron chi connectivity index (χ2n) is 4.81. The van der Waals surface area contributed by atoms with Gasteiger partial charge in [-0.15, -0.1) is 12.4 Å². The second-order valence-corrected chi connectivity index (χ2v) is 4.81. The van der Waals surface area contributed by atoms with E-state index in [0.29, 0.717) is 13.1 Å². The molecule has 0 saturated heterocycles. The number of halogens is 1. The largest absolute Gasteiger partial charge is 0.496 e. The first-order valence-electron chi connectivity index (χ1n) is 6.71. The third-order valence-corrected chi connectivity index (χ3v) is 2.85. The van der Waals surface area contributed by atoms with Gasteiger partial charge in [-0.3, -0.25) is 4.68 Å². The normalized spacial score (nSPS) is 10.3. The molecule has 0 aliphatic rings. The van der Waals surface area contributed by atoms with Crippen LogP contribution >= 0.6 is 12.4 Å². The van der Waals surface area contributed by atoms with E-state index in [1.165, 1.54) is 0 Å². The van der Waals surface area contributed by atoms with Gasteiger partial charge in [-0.25, -0.2) is 0 Å². The Labute approximate surface area is 131 Å². The molecular weight excluding hydrogens is 290 g/mol. The summed E-state index contributed by atoms with van der Waals surface area (Å²) in [5, 5.41) is 4.29. The Balaban J connectivity index is 0.00000220. The molecule has 116 valence electrons. The molecule has 0 unspecified atom stereocenters. The van der Waals surface area contributed by atoms with Crippen LogP contribution in [0.1, 0.15) is 13.8 Å². The van der Waals surface area contributed by atoms with E-state index in [4.69, 9.17) is 15.2 Å². The van der Waals surface area contributed by atoms with Crippen LogP contribution < -0.4 is 15.2 Å². The molecular formula is C15H22ClN3O2. The highest BCUT2D eigenvalue weighted by Crippen LogP contribution is 2.33. The number of methoxy groups -OCH3 is 1. The molecule has 0 saturated carbocycles. The van der Waals surface area contributed by atoms with Crippen molar-refractivity contribution in [2.75, 3.05) is 13.7 Å². The van der Waals surface area contributed by atoms with Gasteiger partial charge < -0.3 is 15.2 Å². The van der Waals surface area contributed by atoms with Gasteiger partial charge in [0.05, 0.1) is 26.0 Å². The molecule has 1 heterocycles. The minimum atomic E-state index is 0. The summed E-state index contributed by atoms with van der Waals surface area (Å²) < 4.78 is 13.0. The van der Waals surface area contributed by atoms with E-state index in [-0.39, 0.29) is 18.5 Å². The molecule has 0 aliphatic heterocycles. The summed E-state index contributed by atoms with van der Waals surface area (Å²) in [6, 6.07) is 5.79. The molecule has 21 heavy (non-hydrogen) atoms. The lowest BCUT2D eigenvalue weighted by Gasteiger charge is -2.13. The lowest BCUT2D eigenvalue weighted by Crippen LogP contribution is -2.09. The Bertz CT molecular complexity index is 570. The lowest BCUT2D eigenvalue weighted by molar-refractivity contribution is 0.242. The quantitative estimate of drug-likeness (QED) is 0.891. The number of hydrogen-bond acceptors (Lipinski definition) is 4. The molecule has 2 N–H and O–H groups in total. The molecule has 0 atom stereocenters. The van der Waals surface area contributed by atoms with Crippen LogP contribution in [0.2, 0.25) is 0 Å². The summed E-state index contributed by atoms with van der Waals surface area (Å²) in [6.45, 7) is 5.27. The van der Waals surface area contributed by atoms with Crippen LogP contribution in [0.5, 0.6) is 11.5 Å². The van der Waals surface area contributed by atoms with E-state index >= 15 is 0 Å². The molecule has 1 aromatic carbocycles. The number of benzene rings is 1. The molecule has 0 spiro atoms. The molecule has 0 bridgehead atoms. The van der Waals surface area contributed by atoms with Gasteiger partial charge in [0.25, 0.3) is 0 Å². The number of nitrogens with two attached hydrogens (primary N) is 1. The fourth-order valence-electron chi connectivity index (χ4n) is 2.02. The SMILES string of the molecule is COc1ccc(OC(C)C)cc1-c1cnn(CCN)c1.Cl. The van der Waals surface area contributed by atoms with Crippen LogP contribution in [0.3, 0.4) is 0 Å². The first-order valence-corrected chi connectivity index (χ1v) is 6.71. The topological polar surface area (TPSA) is 62.3 Å². The molecule has 0 amide bonds. The highest BCUT2D eigenvalue weighted by molar-refractivity contribution is 5.85. The lowest BCUT2D eigenvalue weighted by atomic mass is 10.1. The van der Waals surface area contributed by atoms with Crippen molar-refractivity contribution in [3.8, 4) is 22.6 Å². The van der Waals surface area contributed by atoms with Crippen molar-refractivity contribution in [3.05, 3.63) is 30.6 Å². The predicted molar refractivity (Wildman–Crippen MR) is 86.3 cm³/mol. The third-order valence-electron chi connectivity index (χ3n) is 2.85. The van der Waals surface area contributed by atoms with Crippen LogP contribution in [0.25, 0.3) is 11.1 Å².